The maximum Gasteiger partial charge on any atom is 0.322 e. The van der Waals surface area contributed by atoms with Gasteiger partial charge in [-0.15, -0.1) is 12.3 Å². The predicted molar refractivity (Wildman–Crippen MR) is 58.4 cm³/mol. The number of esters is 1. The van der Waals surface area contributed by atoms with Crippen LogP contribution in [-0.4, -0.2) is 28.7 Å². The van der Waals surface area contributed by atoms with Gasteiger partial charge in [0.05, 0.1) is 0 Å². The number of ether oxygens (including phenoxy) is 1. The quantitative estimate of drug-likeness (QED) is 0.411. The number of nitrogens with two attached hydrogens (primary N) is 1. The third-order valence-electron chi connectivity index (χ3n) is 1.71. The molecule has 0 amide bonds. The van der Waals surface area contributed by atoms with E-state index in [2.05, 4.69) is 5.92 Å². The summed E-state index contributed by atoms with van der Waals surface area (Å²) in [5, 5.41) is 8.89. The number of rotatable bonds is 4. The topological polar surface area (TPSA) is 89.6 Å². The fraction of sp³-hybridized carbons (Fsp3) is 0.636. The summed E-state index contributed by atoms with van der Waals surface area (Å²) in [7, 11) is 0. The summed E-state index contributed by atoms with van der Waals surface area (Å²) in [4.78, 5) is 22.5. The Hall–Kier alpha value is -1.54. The van der Waals surface area contributed by atoms with Crippen molar-refractivity contribution in [3.63, 3.8) is 0 Å². The van der Waals surface area contributed by atoms with Crippen LogP contribution in [0.3, 0.4) is 0 Å². The van der Waals surface area contributed by atoms with Crippen LogP contribution in [0.2, 0.25) is 0 Å². The van der Waals surface area contributed by atoms with Crippen LogP contribution >= 0.6 is 0 Å². The molecule has 0 saturated carbocycles. The van der Waals surface area contributed by atoms with Crippen LogP contribution in [0.15, 0.2) is 0 Å². The molecule has 0 aliphatic rings. The molecule has 5 nitrogen and oxygen atoms in total. The average molecular weight is 227 g/mol. The zero-order chi connectivity index (χ0) is 12.9. The zero-order valence-corrected chi connectivity index (χ0v) is 9.69. The van der Waals surface area contributed by atoms with Gasteiger partial charge in [0.2, 0.25) is 0 Å². The molecule has 3 N–H and O–H groups in total. The highest BCUT2D eigenvalue weighted by molar-refractivity contribution is 5.95. The third-order valence-corrected chi connectivity index (χ3v) is 1.71. The van der Waals surface area contributed by atoms with Gasteiger partial charge in [0.25, 0.3) is 0 Å². The fourth-order valence-corrected chi connectivity index (χ4v) is 1.08. The molecule has 5 heteroatoms. The van der Waals surface area contributed by atoms with Crippen molar-refractivity contribution in [2.75, 3.05) is 0 Å². The molecule has 2 atom stereocenters. The van der Waals surface area contributed by atoms with E-state index in [4.69, 9.17) is 22.0 Å². The Kier molecular flexibility index (Phi) is 4.99. The molecule has 90 valence electrons. The number of carbonyl (C=O) groups excluding carboxylic acids is 1. The highest BCUT2D eigenvalue weighted by atomic mass is 16.6. The Labute approximate surface area is 95.0 Å². The minimum Gasteiger partial charge on any atom is -0.481 e. The van der Waals surface area contributed by atoms with Crippen molar-refractivity contribution in [1.29, 1.82) is 0 Å². The molecule has 0 fully saturated rings. The monoisotopic (exact) mass is 227 g/mol. The third kappa shape index (κ3) is 4.80. The van der Waals surface area contributed by atoms with Gasteiger partial charge in [-0.25, -0.2) is 0 Å². The van der Waals surface area contributed by atoms with Crippen LogP contribution in [0, 0.1) is 18.3 Å². The second kappa shape index (κ2) is 5.52. The first-order valence-corrected chi connectivity index (χ1v) is 4.83. The van der Waals surface area contributed by atoms with Crippen molar-refractivity contribution >= 4 is 11.9 Å². The van der Waals surface area contributed by atoms with E-state index in [1.54, 1.807) is 20.8 Å². The average Bonchev–Trinajstić information content (AvgIpc) is 1.99. The highest BCUT2D eigenvalue weighted by Crippen LogP contribution is 2.14. The summed E-state index contributed by atoms with van der Waals surface area (Å²) < 4.78 is 4.96. The molecule has 0 aromatic heterocycles. The lowest BCUT2D eigenvalue weighted by molar-refractivity contribution is -0.167. The fourth-order valence-electron chi connectivity index (χ4n) is 1.08. The molecule has 0 aliphatic heterocycles. The van der Waals surface area contributed by atoms with Gasteiger partial charge in [-0.1, -0.05) is 0 Å². The summed E-state index contributed by atoms with van der Waals surface area (Å²) >= 11 is 0. The normalized spacial score (nSPS) is 14.7. The number of hydrogen-bond acceptors (Lipinski definition) is 4. The molecule has 0 radical (unpaired) electrons. The van der Waals surface area contributed by atoms with E-state index in [1.165, 1.54) is 0 Å². The van der Waals surface area contributed by atoms with E-state index in [0.717, 1.165) is 0 Å². The van der Waals surface area contributed by atoms with Crippen LogP contribution in [-0.2, 0) is 14.3 Å². The van der Waals surface area contributed by atoms with E-state index in [-0.39, 0.29) is 6.42 Å². The molecule has 16 heavy (non-hydrogen) atoms. The van der Waals surface area contributed by atoms with Crippen LogP contribution in [0.5, 0.6) is 0 Å². The van der Waals surface area contributed by atoms with Gasteiger partial charge in [0, 0.05) is 12.5 Å². The standard InChI is InChI=1S/C11H17NO4/c1-5-6-7(12)8(9(13)14)10(15)16-11(2,3)4/h1,7-8H,6,12H2,2-4H3,(H,13,14). The van der Waals surface area contributed by atoms with Gasteiger partial charge in [0.1, 0.15) is 5.60 Å². The minimum absolute atomic E-state index is 0.0101. The largest absolute Gasteiger partial charge is 0.481 e. The summed E-state index contributed by atoms with van der Waals surface area (Å²) in [5.41, 5.74) is 4.78. The number of carbonyl (C=O) groups is 2. The lowest BCUT2D eigenvalue weighted by atomic mass is 9.98. The Morgan fingerprint density at radius 2 is 2.00 bits per heavy atom. The first kappa shape index (κ1) is 14.5. The van der Waals surface area contributed by atoms with Crippen molar-refractivity contribution in [3.05, 3.63) is 0 Å². The molecule has 0 rings (SSSR count). The first-order chi connectivity index (χ1) is 7.19. The number of carboxylic acids is 1. The van der Waals surface area contributed by atoms with E-state index in [0.29, 0.717) is 0 Å². The number of aliphatic carboxylic acids is 1. The van der Waals surface area contributed by atoms with Crippen LogP contribution < -0.4 is 5.73 Å². The molecular formula is C11H17NO4. The first-order valence-electron chi connectivity index (χ1n) is 4.83. The van der Waals surface area contributed by atoms with Crippen molar-refractivity contribution in [2.45, 2.75) is 38.8 Å². The summed E-state index contributed by atoms with van der Waals surface area (Å²) in [6, 6.07) is -0.933. The van der Waals surface area contributed by atoms with E-state index in [9.17, 15) is 9.59 Å². The Morgan fingerprint density at radius 3 is 2.31 bits per heavy atom. The molecule has 0 saturated heterocycles. The molecule has 2 unspecified atom stereocenters. The Morgan fingerprint density at radius 1 is 1.50 bits per heavy atom. The zero-order valence-electron chi connectivity index (χ0n) is 9.69. The van der Waals surface area contributed by atoms with E-state index >= 15 is 0 Å². The summed E-state index contributed by atoms with van der Waals surface area (Å²) in [5.74, 6) is -1.38. The van der Waals surface area contributed by atoms with Crippen molar-refractivity contribution < 1.29 is 19.4 Å². The van der Waals surface area contributed by atoms with Gasteiger partial charge < -0.3 is 15.6 Å². The predicted octanol–water partition coefficient (Wildman–Crippen LogP) is 0.379. The second-order valence-corrected chi connectivity index (χ2v) is 4.42. The van der Waals surface area contributed by atoms with Crippen LogP contribution in [0.1, 0.15) is 27.2 Å². The maximum atomic E-state index is 11.6. The Balaban J connectivity index is 4.75. The molecule has 0 bridgehead atoms. The lowest BCUT2D eigenvalue weighted by Gasteiger charge is -2.24. The van der Waals surface area contributed by atoms with Crippen molar-refractivity contribution in [1.82, 2.24) is 0 Å². The van der Waals surface area contributed by atoms with Crippen molar-refractivity contribution in [3.8, 4) is 12.3 Å². The van der Waals surface area contributed by atoms with Gasteiger partial charge in [-0.05, 0) is 20.8 Å². The molecular weight excluding hydrogens is 210 g/mol. The highest BCUT2D eigenvalue weighted by Gasteiger charge is 2.35. The maximum absolute atomic E-state index is 11.6. The molecule has 0 aliphatic carbocycles. The number of carboxylic acid groups (broad SMARTS) is 1. The minimum atomic E-state index is -1.42. The SMILES string of the molecule is C#CCC(N)C(C(=O)O)C(=O)OC(C)(C)C. The summed E-state index contributed by atoms with van der Waals surface area (Å²) in [6.45, 7) is 4.95. The summed E-state index contributed by atoms with van der Waals surface area (Å²) in [6.07, 6.45) is 5.03. The molecule has 0 aromatic carbocycles. The van der Waals surface area contributed by atoms with Gasteiger partial charge in [-0.2, -0.15) is 0 Å². The number of hydrogen-bond donors (Lipinski definition) is 2. The number of terminal acetylenes is 1. The lowest BCUT2D eigenvalue weighted by Crippen LogP contribution is -2.43. The van der Waals surface area contributed by atoms with E-state index in [1.807, 2.05) is 0 Å². The second-order valence-electron chi connectivity index (χ2n) is 4.42. The van der Waals surface area contributed by atoms with Gasteiger partial charge >= 0.3 is 11.9 Å². The van der Waals surface area contributed by atoms with Crippen molar-refractivity contribution in [2.24, 2.45) is 11.7 Å². The van der Waals surface area contributed by atoms with Gasteiger partial charge in [-0.3, -0.25) is 9.59 Å². The molecule has 0 aromatic rings. The van der Waals surface area contributed by atoms with Crippen LogP contribution in [0.4, 0.5) is 0 Å². The van der Waals surface area contributed by atoms with Crippen LogP contribution in [0.25, 0.3) is 0 Å². The molecule has 0 spiro atoms. The molecule has 0 heterocycles. The smallest absolute Gasteiger partial charge is 0.322 e. The van der Waals surface area contributed by atoms with Gasteiger partial charge in [0.15, 0.2) is 5.92 Å². The van der Waals surface area contributed by atoms with E-state index < -0.39 is 29.5 Å². The Bertz CT molecular complexity index is 311.